The lowest BCUT2D eigenvalue weighted by atomic mass is 10.0. The highest BCUT2D eigenvalue weighted by atomic mass is 19.1. The topological polar surface area (TPSA) is 15.3 Å². The lowest BCUT2D eigenvalue weighted by Crippen LogP contribution is -2.61. The Bertz CT molecular complexity index is 143. The van der Waals surface area contributed by atoms with Gasteiger partial charge >= 0.3 is 0 Å². The molecule has 2 nitrogen and oxygen atoms in total. The Hall–Kier alpha value is -0.220. The molecule has 1 saturated heterocycles. The van der Waals surface area contributed by atoms with Gasteiger partial charge in [-0.15, -0.1) is 0 Å². The first-order valence-corrected chi connectivity index (χ1v) is 4.27. The number of hydrogen-bond acceptors (Lipinski definition) is 2. The number of piperazine rings is 1. The van der Waals surface area contributed by atoms with Crippen LogP contribution in [0.4, 0.5) is 8.78 Å². The van der Waals surface area contributed by atoms with E-state index < -0.39 is 13.3 Å². The fourth-order valence-corrected chi connectivity index (χ4v) is 1.58. The molecule has 1 aliphatic rings. The van der Waals surface area contributed by atoms with Crippen LogP contribution < -0.4 is 5.32 Å². The maximum atomic E-state index is 12.4. The molecule has 0 aromatic rings. The zero-order valence-electron chi connectivity index (χ0n) is 7.56. The molecule has 1 N–H and O–H groups in total. The van der Waals surface area contributed by atoms with Crippen molar-refractivity contribution in [2.45, 2.75) is 25.0 Å². The highest BCUT2D eigenvalue weighted by Crippen LogP contribution is 2.11. The molecule has 1 rings (SSSR count). The quantitative estimate of drug-likeness (QED) is 0.665. The molecule has 0 aromatic carbocycles. The van der Waals surface area contributed by atoms with E-state index in [2.05, 4.69) is 5.32 Å². The van der Waals surface area contributed by atoms with Crippen LogP contribution in [0.15, 0.2) is 0 Å². The second kappa shape index (κ2) is 4.14. The van der Waals surface area contributed by atoms with Gasteiger partial charge in [-0.2, -0.15) is 0 Å². The minimum atomic E-state index is -0.429. The van der Waals surface area contributed by atoms with E-state index in [1.807, 2.05) is 18.9 Å². The molecule has 0 bridgehead atoms. The summed E-state index contributed by atoms with van der Waals surface area (Å²) in [5.41, 5.74) is 0. The van der Waals surface area contributed by atoms with E-state index >= 15 is 0 Å². The van der Waals surface area contributed by atoms with Crippen molar-refractivity contribution in [3.8, 4) is 0 Å². The van der Waals surface area contributed by atoms with Crippen molar-refractivity contribution in [3.63, 3.8) is 0 Å². The van der Waals surface area contributed by atoms with E-state index in [-0.39, 0.29) is 18.1 Å². The molecular formula is C8H16F2N2. The van der Waals surface area contributed by atoms with E-state index in [0.717, 1.165) is 0 Å². The van der Waals surface area contributed by atoms with Gasteiger partial charge in [-0.1, -0.05) is 0 Å². The number of nitrogens with one attached hydrogen (secondary N) is 1. The minimum absolute atomic E-state index is 0.151. The van der Waals surface area contributed by atoms with Gasteiger partial charge in [0, 0.05) is 18.6 Å². The van der Waals surface area contributed by atoms with Crippen molar-refractivity contribution in [2.75, 3.05) is 26.9 Å². The van der Waals surface area contributed by atoms with E-state index in [0.29, 0.717) is 6.54 Å². The van der Waals surface area contributed by atoms with Gasteiger partial charge in [-0.3, -0.25) is 0 Å². The summed E-state index contributed by atoms with van der Waals surface area (Å²) in [5.74, 6) is 0. The third-order valence-electron chi connectivity index (χ3n) is 2.59. The van der Waals surface area contributed by atoms with Gasteiger partial charge in [0.1, 0.15) is 13.3 Å². The minimum Gasteiger partial charge on any atom is -0.304 e. The third kappa shape index (κ3) is 1.93. The first-order chi connectivity index (χ1) is 5.69. The predicted molar refractivity (Wildman–Crippen MR) is 44.8 cm³/mol. The predicted octanol–water partition coefficient (Wildman–Crippen LogP) is 0.586. The van der Waals surface area contributed by atoms with E-state index in [4.69, 9.17) is 0 Å². The number of halogens is 2. The molecule has 0 aromatic heterocycles. The zero-order valence-corrected chi connectivity index (χ0v) is 7.56. The zero-order chi connectivity index (χ0) is 9.14. The number of nitrogens with zero attached hydrogens (tertiary/aromatic N) is 1. The van der Waals surface area contributed by atoms with Gasteiger partial charge in [-0.25, -0.2) is 8.78 Å². The standard InChI is InChI=1S/C8H16F2N2/c1-6-8(4-10)11-7(3-9)5-12(6)2/h6-8,11H,3-5H2,1-2H3. The molecule has 0 saturated carbocycles. The van der Waals surface area contributed by atoms with E-state index in [1.165, 1.54) is 0 Å². The van der Waals surface area contributed by atoms with Gasteiger partial charge in [0.2, 0.25) is 0 Å². The summed E-state index contributed by atoms with van der Waals surface area (Å²) in [6.45, 7) is 1.76. The second-order valence-electron chi connectivity index (χ2n) is 3.46. The first kappa shape index (κ1) is 9.86. The molecule has 0 spiro atoms. The van der Waals surface area contributed by atoms with Gasteiger partial charge in [0.15, 0.2) is 0 Å². The first-order valence-electron chi connectivity index (χ1n) is 4.27. The molecule has 1 aliphatic heterocycles. The molecule has 0 aliphatic carbocycles. The Kier molecular flexibility index (Phi) is 3.40. The fourth-order valence-electron chi connectivity index (χ4n) is 1.58. The van der Waals surface area contributed by atoms with Crippen LogP contribution >= 0.6 is 0 Å². The number of hydrogen-bond donors (Lipinski definition) is 1. The molecule has 12 heavy (non-hydrogen) atoms. The number of likely N-dealkylation sites (N-methyl/N-ethyl adjacent to an activating group) is 1. The summed E-state index contributed by atoms with van der Waals surface area (Å²) in [5, 5.41) is 2.94. The summed E-state index contributed by atoms with van der Waals surface area (Å²) < 4.78 is 24.7. The maximum Gasteiger partial charge on any atom is 0.106 e. The molecule has 1 heterocycles. The van der Waals surface area contributed by atoms with Crippen molar-refractivity contribution in [3.05, 3.63) is 0 Å². The van der Waals surface area contributed by atoms with Crippen LogP contribution in [0.5, 0.6) is 0 Å². The molecular weight excluding hydrogens is 162 g/mol. The Morgan fingerprint density at radius 3 is 2.58 bits per heavy atom. The lowest BCUT2D eigenvalue weighted by Gasteiger charge is -2.40. The van der Waals surface area contributed by atoms with Crippen molar-refractivity contribution >= 4 is 0 Å². The summed E-state index contributed by atoms with van der Waals surface area (Å²) >= 11 is 0. The fraction of sp³-hybridized carbons (Fsp3) is 1.00. The molecule has 0 radical (unpaired) electrons. The van der Waals surface area contributed by atoms with Crippen LogP contribution in [0.1, 0.15) is 6.92 Å². The van der Waals surface area contributed by atoms with Crippen molar-refractivity contribution < 1.29 is 8.78 Å². The average molecular weight is 178 g/mol. The molecule has 3 atom stereocenters. The smallest absolute Gasteiger partial charge is 0.106 e. The highest BCUT2D eigenvalue weighted by molar-refractivity contribution is 4.89. The Morgan fingerprint density at radius 2 is 2.08 bits per heavy atom. The van der Waals surface area contributed by atoms with E-state index in [9.17, 15) is 8.78 Å². The van der Waals surface area contributed by atoms with Crippen LogP contribution in [0.25, 0.3) is 0 Å². The monoisotopic (exact) mass is 178 g/mol. The van der Waals surface area contributed by atoms with Gasteiger partial charge in [0.25, 0.3) is 0 Å². The molecule has 0 amide bonds. The normalized spacial score (nSPS) is 38.5. The van der Waals surface area contributed by atoms with E-state index in [1.54, 1.807) is 0 Å². The van der Waals surface area contributed by atoms with Gasteiger partial charge in [0.05, 0.1) is 6.04 Å². The van der Waals surface area contributed by atoms with Gasteiger partial charge < -0.3 is 10.2 Å². The van der Waals surface area contributed by atoms with Crippen LogP contribution in [0.2, 0.25) is 0 Å². The third-order valence-corrected chi connectivity index (χ3v) is 2.59. The Labute approximate surface area is 71.9 Å². The van der Waals surface area contributed by atoms with Gasteiger partial charge in [-0.05, 0) is 14.0 Å². The number of alkyl halides is 2. The van der Waals surface area contributed by atoms with Crippen LogP contribution in [-0.4, -0.2) is 50.0 Å². The molecule has 1 fully saturated rings. The summed E-state index contributed by atoms with van der Waals surface area (Å²) in [6.07, 6.45) is 0. The second-order valence-corrected chi connectivity index (χ2v) is 3.46. The van der Waals surface area contributed by atoms with Crippen LogP contribution in [0, 0.1) is 0 Å². The summed E-state index contributed by atoms with van der Waals surface area (Å²) in [4.78, 5) is 1.99. The molecule has 72 valence electrons. The maximum absolute atomic E-state index is 12.4. The highest BCUT2D eigenvalue weighted by Gasteiger charge is 2.30. The Morgan fingerprint density at radius 1 is 1.42 bits per heavy atom. The lowest BCUT2D eigenvalue weighted by molar-refractivity contribution is 0.102. The van der Waals surface area contributed by atoms with Crippen molar-refractivity contribution in [1.29, 1.82) is 0 Å². The molecule has 4 heteroatoms. The molecule has 3 unspecified atom stereocenters. The summed E-state index contributed by atoms with van der Waals surface area (Å²) in [6, 6.07) is -0.269. The van der Waals surface area contributed by atoms with Crippen LogP contribution in [0.3, 0.4) is 0 Å². The Balaban J connectivity index is 2.52. The van der Waals surface area contributed by atoms with Crippen LogP contribution in [-0.2, 0) is 0 Å². The van der Waals surface area contributed by atoms with Crippen molar-refractivity contribution in [2.24, 2.45) is 0 Å². The number of rotatable bonds is 2. The largest absolute Gasteiger partial charge is 0.304 e. The SMILES string of the molecule is CC1C(CF)NC(CF)CN1C. The summed E-state index contributed by atoms with van der Waals surface area (Å²) in [7, 11) is 1.90. The van der Waals surface area contributed by atoms with Crippen molar-refractivity contribution in [1.82, 2.24) is 10.2 Å². The average Bonchev–Trinajstić information content (AvgIpc) is 2.09.